The van der Waals surface area contributed by atoms with Gasteiger partial charge in [0.2, 0.25) is 0 Å². The van der Waals surface area contributed by atoms with Crippen LogP contribution in [-0.2, 0) is 0 Å². The van der Waals surface area contributed by atoms with Gasteiger partial charge in [0, 0.05) is 12.6 Å². The second-order valence-electron chi connectivity index (χ2n) is 5.94. The molecule has 21 heavy (non-hydrogen) atoms. The minimum absolute atomic E-state index is 0. The van der Waals surface area contributed by atoms with Gasteiger partial charge in [-0.25, -0.2) is 0 Å². The van der Waals surface area contributed by atoms with Gasteiger partial charge in [-0.05, 0) is 51.7 Å². The monoisotopic (exact) mass is 410 g/mol. The highest BCUT2D eigenvalue weighted by atomic mass is 127. The number of rotatable bonds is 9. The van der Waals surface area contributed by atoms with Crippen LogP contribution in [0, 0.1) is 0 Å². The van der Waals surface area contributed by atoms with Crippen LogP contribution < -0.4 is 11.1 Å². The fourth-order valence-corrected chi connectivity index (χ4v) is 2.96. The first-order chi connectivity index (χ1) is 9.76. The molecule has 1 aliphatic rings. The molecule has 0 aliphatic heterocycles. The number of nitrogens with zero attached hydrogens (tertiary/aromatic N) is 2. The Balaban J connectivity index is 0.00000400. The lowest BCUT2D eigenvalue weighted by Gasteiger charge is -2.23. The molecule has 0 heterocycles. The average molecular weight is 410 g/mol. The quantitative estimate of drug-likeness (QED) is 0.265. The van der Waals surface area contributed by atoms with Gasteiger partial charge in [0.25, 0.3) is 0 Å². The summed E-state index contributed by atoms with van der Waals surface area (Å²) in [5, 5.41) is 3.37. The molecular weight excluding hydrogens is 375 g/mol. The SMILES string of the molecule is CCCN(CCC)CCCN=C(N)NC1CCCCC1.I. The molecule has 1 saturated carbocycles. The number of hydrogen-bond donors (Lipinski definition) is 2. The van der Waals surface area contributed by atoms with Crippen LogP contribution in [0.25, 0.3) is 0 Å². The van der Waals surface area contributed by atoms with Crippen molar-refractivity contribution in [3.63, 3.8) is 0 Å². The zero-order chi connectivity index (χ0) is 14.6. The zero-order valence-corrected chi connectivity index (χ0v) is 16.3. The highest BCUT2D eigenvalue weighted by Gasteiger charge is 2.13. The van der Waals surface area contributed by atoms with Gasteiger partial charge in [-0.15, -0.1) is 24.0 Å². The molecule has 0 unspecified atom stereocenters. The molecule has 0 amide bonds. The van der Waals surface area contributed by atoms with Gasteiger partial charge in [0.1, 0.15) is 0 Å². The Morgan fingerprint density at radius 3 is 2.29 bits per heavy atom. The first kappa shape index (κ1) is 21.0. The molecule has 1 rings (SSSR count). The Kier molecular flexibility index (Phi) is 13.6. The Bertz CT molecular complexity index is 259. The number of aliphatic imine (C=N–C) groups is 1. The molecule has 0 bridgehead atoms. The highest BCUT2D eigenvalue weighted by Crippen LogP contribution is 2.16. The summed E-state index contributed by atoms with van der Waals surface area (Å²) in [6.07, 6.45) is 10.1. The van der Waals surface area contributed by atoms with E-state index in [4.69, 9.17) is 5.73 Å². The summed E-state index contributed by atoms with van der Waals surface area (Å²) in [6, 6.07) is 0.559. The van der Waals surface area contributed by atoms with E-state index in [0.29, 0.717) is 12.0 Å². The van der Waals surface area contributed by atoms with E-state index in [1.165, 1.54) is 58.0 Å². The van der Waals surface area contributed by atoms with Gasteiger partial charge in [-0.3, -0.25) is 4.99 Å². The fourth-order valence-electron chi connectivity index (χ4n) is 2.96. The molecule has 3 N–H and O–H groups in total. The lowest BCUT2D eigenvalue weighted by atomic mass is 9.96. The largest absolute Gasteiger partial charge is 0.370 e. The summed E-state index contributed by atoms with van der Waals surface area (Å²) in [7, 11) is 0. The van der Waals surface area contributed by atoms with Crippen molar-refractivity contribution in [2.45, 2.75) is 71.3 Å². The summed E-state index contributed by atoms with van der Waals surface area (Å²) < 4.78 is 0. The van der Waals surface area contributed by atoms with Crippen molar-refractivity contribution >= 4 is 29.9 Å². The number of nitrogens with two attached hydrogens (primary N) is 1. The van der Waals surface area contributed by atoms with Crippen molar-refractivity contribution in [2.24, 2.45) is 10.7 Å². The predicted molar refractivity (Wildman–Crippen MR) is 104 cm³/mol. The summed E-state index contributed by atoms with van der Waals surface area (Å²) >= 11 is 0. The van der Waals surface area contributed by atoms with Gasteiger partial charge < -0.3 is 16.0 Å². The second-order valence-corrected chi connectivity index (χ2v) is 5.94. The Morgan fingerprint density at radius 1 is 1.10 bits per heavy atom. The first-order valence-corrected chi connectivity index (χ1v) is 8.55. The van der Waals surface area contributed by atoms with E-state index in [9.17, 15) is 0 Å². The molecule has 0 saturated heterocycles. The molecule has 126 valence electrons. The first-order valence-electron chi connectivity index (χ1n) is 8.55. The molecule has 4 nitrogen and oxygen atoms in total. The van der Waals surface area contributed by atoms with Crippen LogP contribution in [0.2, 0.25) is 0 Å². The van der Waals surface area contributed by atoms with Crippen molar-refractivity contribution in [3.05, 3.63) is 0 Å². The van der Waals surface area contributed by atoms with E-state index < -0.39 is 0 Å². The molecule has 0 spiro atoms. The predicted octanol–water partition coefficient (Wildman–Crippen LogP) is 3.35. The number of guanidine groups is 1. The van der Waals surface area contributed by atoms with Crippen molar-refractivity contribution in [3.8, 4) is 0 Å². The maximum atomic E-state index is 5.96. The van der Waals surface area contributed by atoms with Crippen LogP contribution in [0.15, 0.2) is 4.99 Å². The Labute approximate surface area is 148 Å². The van der Waals surface area contributed by atoms with Gasteiger partial charge >= 0.3 is 0 Å². The van der Waals surface area contributed by atoms with E-state index >= 15 is 0 Å². The molecule has 0 atom stereocenters. The van der Waals surface area contributed by atoms with Crippen molar-refractivity contribution in [1.82, 2.24) is 10.2 Å². The fraction of sp³-hybridized carbons (Fsp3) is 0.938. The van der Waals surface area contributed by atoms with E-state index in [-0.39, 0.29) is 24.0 Å². The Hall–Kier alpha value is -0.0400. The minimum Gasteiger partial charge on any atom is -0.370 e. The van der Waals surface area contributed by atoms with Crippen LogP contribution >= 0.6 is 24.0 Å². The molecule has 0 radical (unpaired) electrons. The Morgan fingerprint density at radius 2 is 1.71 bits per heavy atom. The van der Waals surface area contributed by atoms with Crippen molar-refractivity contribution < 1.29 is 0 Å². The molecule has 0 aromatic carbocycles. The maximum Gasteiger partial charge on any atom is 0.188 e. The summed E-state index contributed by atoms with van der Waals surface area (Å²) in [4.78, 5) is 7.00. The molecule has 5 heteroatoms. The minimum atomic E-state index is 0. The van der Waals surface area contributed by atoms with Crippen LogP contribution in [0.3, 0.4) is 0 Å². The van der Waals surface area contributed by atoms with Gasteiger partial charge in [-0.2, -0.15) is 0 Å². The number of halogens is 1. The van der Waals surface area contributed by atoms with Gasteiger partial charge in [0.05, 0.1) is 0 Å². The molecule has 1 fully saturated rings. The molecular formula is C16H35IN4. The van der Waals surface area contributed by atoms with E-state index in [1.54, 1.807) is 0 Å². The average Bonchev–Trinajstić information content (AvgIpc) is 2.45. The molecule has 0 aromatic rings. The maximum absolute atomic E-state index is 5.96. The smallest absolute Gasteiger partial charge is 0.188 e. The zero-order valence-electron chi connectivity index (χ0n) is 13.9. The third-order valence-electron chi connectivity index (χ3n) is 3.95. The normalized spacial score (nSPS) is 16.8. The molecule has 1 aliphatic carbocycles. The lowest BCUT2D eigenvalue weighted by molar-refractivity contribution is 0.273. The van der Waals surface area contributed by atoms with Crippen molar-refractivity contribution in [1.29, 1.82) is 0 Å². The summed E-state index contributed by atoms with van der Waals surface area (Å²) in [5.41, 5.74) is 5.96. The summed E-state index contributed by atoms with van der Waals surface area (Å²) in [6.45, 7) is 8.87. The lowest BCUT2D eigenvalue weighted by Crippen LogP contribution is -2.41. The topological polar surface area (TPSA) is 53.6 Å². The van der Waals surface area contributed by atoms with Crippen LogP contribution in [-0.4, -0.2) is 43.1 Å². The van der Waals surface area contributed by atoms with Crippen LogP contribution in [0.1, 0.15) is 65.2 Å². The van der Waals surface area contributed by atoms with Gasteiger partial charge in [-0.1, -0.05) is 33.1 Å². The van der Waals surface area contributed by atoms with Gasteiger partial charge in [0.15, 0.2) is 5.96 Å². The third kappa shape index (κ3) is 10.3. The second kappa shape index (κ2) is 13.6. The standard InChI is InChI=1S/C16H34N4.HI/c1-3-12-20(13-4-2)14-8-11-18-16(17)19-15-9-6-5-7-10-15;/h15H,3-14H2,1-2H3,(H3,17,18,19);1H. The number of hydrogen-bond acceptors (Lipinski definition) is 2. The van der Waals surface area contributed by atoms with E-state index in [1.807, 2.05) is 0 Å². The van der Waals surface area contributed by atoms with Crippen LogP contribution in [0.5, 0.6) is 0 Å². The molecule has 0 aromatic heterocycles. The van der Waals surface area contributed by atoms with Crippen molar-refractivity contribution in [2.75, 3.05) is 26.2 Å². The number of nitrogens with one attached hydrogen (secondary N) is 1. The van der Waals surface area contributed by atoms with E-state index in [0.717, 1.165) is 19.5 Å². The highest BCUT2D eigenvalue weighted by molar-refractivity contribution is 14.0. The summed E-state index contributed by atoms with van der Waals surface area (Å²) in [5.74, 6) is 0.648. The van der Waals surface area contributed by atoms with Crippen LogP contribution in [0.4, 0.5) is 0 Å². The third-order valence-corrected chi connectivity index (χ3v) is 3.95. The van der Waals surface area contributed by atoms with E-state index in [2.05, 4.69) is 29.1 Å².